The van der Waals surface area contributed by atoms with Crippen LogP contribution in [0.25, 0.3) is 0 Å². The minimum Gasteiger partial charge on any atom is -0.376 e. The van der Waals surface area contributed by atoms with E-state index in [2.05, 4.69) is 5.32 Å². The van der Waals surface area contributed by atoms with Crippen molar-refractivity contribution >= 4 is 17.5 Å². The van der Waals surface area contributed by atoms with Gasteiger partial charge in [-0.2, -0.15) is 0 Å². The number of ether oxygens (including phenoxy) is 1. The highest BCUT2D eigenvalue weighted by Crippen LogP contribution is 2.19. The molecule has 0 aliphatic carbocycles. The number of carbonyl (C=O) groups is 2. The Morgan fingerprint density at radius 2 is 2.00 bits per heavy atom. The van der Waals surface area contributed by atoms with E-state index >= 15 is 0 Å². The highest BCUT2D eigenvalue weighted by atomic mass is 16.5. The van der Waals surface area contributed by atoms with Gasteiger partial charge in [-0.3, -0.25) is 9.59 Å². The predicted octanol–water partition coefficient (Wildman–Crippen LogP) is 2.66. The van der Waals surface area contributed by atoms with Gasteiger partial charge in [-0.1, -0.05) is 18.2 Å². The molecule has 1 aliphatic heterocycles. The predicted molar refractivity (Wildman–Crippen MR) is 90.4 cm³/mol. The van der Waals surface area contributed by atoms with Gasteiger partial charge in [-0.15, -0.1) is 0 Å². The summed E-state index contributed by atoms with van der Waals surface area (Å²) in [6.07, 6.45) is 2.43. The molecule has 1 aromatic rings. The smallest absolute Gasteiger partial charge is 0.226 e. The molecule has 1 heterocycles. The molecule has 1 aliphatic rings. The quantitative estimate of drug-likeness (QED) is 0.877. The molecule has 2 amide bonds. The Morgan fingerprint density at radius 1 is 1.30 bits per heavy atom. The zero-order valence-electron chi connectivity index (χ0n) is 14.2. The Hall–Kier alpha value is -1.88. The second kappa shape index (κ2) is 8.11. The van der Waals surface area contributed by atoms with Crippen LogP contribution in [0.1, 0.15) is 37.3 Å². The average Bonchev–Trinajstić information content (AvgIpc) is 3.00. The van der Waals surface area contributed by atoms with Crippen LogP contribution < -0.4 is 5.32 Å². The number of para-hydroxylation sites is 1. The number of nitrogens with zero attached hydrogens (tertiary/aromatic N) is 1. The van der Waals surface area contributed by atoms with E-state index in [9.17, 15) is 9.59 Å². The molecule has 0 spiro atoms. The van der Waals surface area contributed by atoms with Crippen molar-refractivity contribution in [2.75, 3.05) is 25.0 Å². The molecule has 0 aromatic heterocycles. The average molecular weight is 318 g/mol. The summed E-state index contributed by atoms with van der Waals surface area (Å²) in [5, 5.41) is 2.96. The Kier molecular flexibility index (Phi) is 6.16. The normalized spacial score (nSPS) is 17.1. The van der Waals surface area contributed by atoms with Gasteiger partial charge in [-0.25, -0.2) is 0 Å². The van der Waals surface area contributed by atoms with Crippen molar-refractivity contribution in [3.8, 4) is 0 Å². The molecule has 0 bridgehead atoms. The van der Waals surface area contributed by atoms with E-state index in [4.69, 9.17) is 4.74 Å². The third-order valence-corrected chi connectivity index (χ3v) is 4.25. The number of hydrogen-bond donors (Lipinski definition) is 1. The van der Waals surface area contributed by atoms with E-state index in [1.165, 1.54) is 0 Å². The molecule has 0 radical (unpaired) electrons. The topological polar surface area (TPSA) is 58.6 Å². The summed E-state index contributed by atoms with van der Waals surface area (Å²) < 4.78 is 5.57. The fourth-order valence-corrected chi connectivity index (χ4v) is 2.86. The molecule has 1 N–H and O–H groups in total. The minimum atomic E-state index is -0.0685. The maximum Gasteiger partial charge on any atom is 0.226 e. The van der Waals surface area contributed by atoms with Crippen molar-refractivity contribution in [3.63, 3.8) is 0 Å². The molecule has 126 valence electrons. The van der Waals surface area contributed by atoms with Gasteiger partial charge >= 0.3 is 0 Å². The molecule has 5 nitrogen and oxygen atoms in total. The third kappa shape index (κ3) is 5.06. The zero-order valence-corrected chi connectivity index (χ0v) is 14.2. The van der Waals surface area contributed by atoms with Crippen molar-refractivity contribution in [3.05, 3.63) is 29.3 Å². The van der Waals surface area contributed by atoms with Crippen molar-refractivity contribution in [1.82, 2.24) is 4.90 Å². The Balaban J connectivity index is 1.87. The van der Waals surface area contributed by atoms with Crippen LogP contribution in [0, 0.1) is 13.8 Å². The van der Waals surface area contributed by atoms with Crippen LogP contribution in [-0.4, -0.2) is 42.5 Å². The summed E-state index contributed by atoms with van der Waals surface area (Å²) in [6.45, 7) is 7.25. The number of aryl methyl sites for hydroxylation is 2. The lowest BCUT2D eigenvalue weighted by Crippen LogP contribution is -2.37. The zero-order chi connectivity index (χ0) is 16.8. The number of hydrogen-bond acceptors (Lipinski definition) is 3. The van der Waals surface area contributed by atoms with Gasteiger partial charge in [0.05, 0.1) is 6.10 Å². The summed E-state index contributed by atoms with van der Waals surface area (Å²) in [4.78, 5) is 25.7. The molecule has 1 aromatic carbocycles. The van der Waals surface area contributed by atoms with Gasteiger partial charge in [0.15, 0.2) is 0 Å². The fourth-order valence-electron chi connectivity index (χ4n) is 2.86. The standard InChI is InChI=1S/C18H26N2O3/c1-13-6-4-7-14(2)18(13)19-17(22)9-10-20(15(3)21)12-16-8-5-11-23-16/h4,6-7,16H,5,8-12H2,1-3H3,(H,19,22). The molecule has 2 rings (SSSR count). The van der Waals surface area contributed by atoms with Crippen molar-refractivity contribution in [2.45, 2.75) is 46.1 Å². The highest BCUT2D eigenvalue weighted by molar-refractivity contribution is 5.92. The molecular formula is C18H26N2O3. The fraction of sp³-hybridized carbons (Fsp3) is 0.556. The van der Waals surface area contributed by atoms with Crippen molar-refractivity contribution in [1.29, 1.82) is 0 Å². The Bertz CT molecular complexity index is 545. The van der Waals surface area contributed by atoms with Crippen LogP contribution >= 0.6 is 0 Å². The minimum absolute atomic E-state index is 0.0135. The van der Waals surface area contributed by atoms with Gasteiger partial charge in [0, 0.05) is 38.7 Å². The number of nitrogens with one attached hydrogen (secondary N) is 1. The number of benzene rings is 1. The molecule has 1 unspecified atom stereocenters. The van der Waals surface area contributed by atoms with Crippen LogP contribution in [0.3, 0.4) is 0 Å². The van der Waals surface area contributed by atoms with E-state index in [1.807, 2.05) is 32.0 Å². The lowest BCUT2D eigenvalue weighted by Gasteiger charge is -2.24. The first-order valence-corrected chi connectivity index (χ1v) is 8.20. The van der Waals surface area contributed by atoms with E-state index in [0.717, 1.165) is 36.3 Å². The van der Waals surface area contributed by atoms with Crippen LogP contribution in [0.2, 0.25) is 0 Å². The summed E-state index contributed by atoms with van der Waals surface area (Å²) in [6, 6.07) is 5.92. The molecular weight excluding hydrogens is 292 g/mol. The van der Waals surface area contributed by atoms with Crippen LogP contribution in [-0.2, 0) is 14.3 Å². The summed E-state index contributed by atoms with van der Waals surface area (Å²) in [7, 11) is 0. The largest absolute Gasteiger partial charge is 0.376 e. The van der Waals surface area contributed by atoms with Gasteiger partial charge in [-0.05, 0) is 37.8 Å². The second-order valence-corrected chi connectivity index (χ2v) is 6.17. The Labute approximate surface area is 138 Å². The highest BCUT2D eigenvalue weighted by Gasteiger charge is 2.21. The first-order chi connectivity index (χ1) is 11.0. The SMILES string of the molecule is CC(=O)N(CCC(=O)Nc1c(C)cccc1C)CC1CCCO1. The lowest BCUT2D eigenvalue weighted by atomic mass is 10.1. The number of carbonyl (C=O) groups excluding carboxylic acids is 2. The van der Waals surface area contributed by atoms with Crippen molar-refractivity contribution in [2.24, 2.45) is 0 Å². The molecule has 23 heavy (non-hydrogen) atoms. The summed E-state index contributed by atoms with van der Waals surface area (Å²) in [5.74, 6) is -0.0821. The third-order valence-electron chi connectivity index (χ3n) is 4.25. The monoisotopic (exact) mass is 318 g/mol. The molecule has 0 saturated carbocycles. The molecule has 1 saturated heterocycles. The first kappa shape index (κ1) is 17.5. The van der Waals surface area contributed by atoms with E-state index < -0.39 is 0 Å². The van der Waals surface area contributed by atoms with Crippen LogP contribution in [0.4, 0.5) is 5.69 Å². The van der Waals surface area contributed by atoms with Crippen LogP contribution in [0.15, 0.2) is 18.2 Å². The number of anilines is 1. The maximum atomic E-state index is 12.2. The molecule has 5 heteroatoms. The summed E-state index contributed by atoms with van der Waals surface area (Å²) in [5.41, 5.74) is 2.95. The van der Waals surface area contributed by atoms with Gasteiger partial charge in [0.25, 0.3) is 0 Å². The van der Waals surface area contributed by atoms with Gasteiger partial charge < -0.3 is 15.0 Å². The molecule has 1 fully saturated rings. The summed E-state index contributed by atoms with van der Waals surface area (Å²) >= 11 is 0. The van der Waals surface area contributed by atoms with E-state index in [-0.39, 0.29) is 17.9 Å². The number of rotatable bonds is 6. The molecule has 1 atom stereocenters. The van der Waals surface area contributed by atoms with Gasteiger partial charge in [0.1, 0.15) is 0 Å². The van der Waals surface area contributed by atoms with E-state index in [0.29, 0.717) is 19.5 Å². The van der Waals surface area contributed by atoms with Crippen LogP contribution in [0.5, 0.6) is 0 Å². The van der Waals surface area contributed by atoms with Crippen molar-refractivity contribution < 1.29 is 14.3 Å². The van der Waals surface area contributed by atoms with E-state index in [1.54, 1.807) is 11.8 Å². The van der Waals surface area contributed by atoms with Gasteiger partial charge in [0.2, 0.25) is 11.8 Å². The maximum absolute atomic E-state index is 12.2. The first-order valence-electron chi connectivity index (χ1n) is 8.20. The number of amides is 2. The Morgan fingerprint density at radius 3 is 2.57 bits per heavy atom. The lowest BCUT2D eigenvalue weighted by molar-refractivity contribution is -0.130. The second-order valence-electron chi connectivity index (χ2n) is 6.17.